The van der Waals surface area contributed by atoms with Crippen LogP contribution in [0.25, 0.3) is 0 Å². The zero-order valence-electron chi connectivity index (χ0n) is 9.48. The van der Waals surface area contributed by atoms with Crippen LogP contribution in [-0.4, -0.2) is 22.8 Å². The average molecular weight is 238 g/mol. The molecule has 0 fully saturated rings. The highest BCUT2D eigenvalue weighted by Crippen LogP contribution is 2.36. The van der Waals surface area contributed by atoms with Crippen molar-refractivity contribution in [3.8, 4) is 0 Å². The minimum absolute atomic E-state index is 0.140. The molecule has 3 N–H and O–H groups in total. The topological polar surface area (TPSA) is 55.1 Å². The highest BCUT2D eigenvalue weighted by atomic mass is 32.2. The Hall–Kier alpha value is -0.710. The number of benzene rings is 1. The van der Waals surface area contributed by atoms with E-state index in [4.69, 9.17) is 5.73 Å². The predicted molar refractivity (Wildman–Crippen MR) is 67.7 cm³/mol. The van der Waals surface area contributed by atoms with E-state index in [0.717, 1.165) is 13.0 Å². The van der Waals surface area contributed by atoms with Gasteiger partial charge in [0.2, 0.25) is 0 Å². The summed E-state index contributed by atoms with van der Waals surface area (Å²) in [6.45, 7) is 0.787. The van der Waals surface area contributed by atoms with E-state index in [1.54, 1.807) is 6.26 Å². The van der Waals surface area contributed by atoms with Crippen molar-refractivity contribution in [2.75, 3.05) is 18.6 Å². The molecule has 0 bridgehead atoms. The molecule has 4 heteroatoms. The number of hydrogen-bond acceptors (Lipinski definition) is 3. The molecular formula is C12H18N2OS. The van der Waals surface area contributed by atoms with Gasteiger partial charge in [-0.1, -0.05) is 24.3 Å². The smallest absolute Gasteiger partial charge is 0.0357 e. The van der Waals surface area contributed by atoms with E-state index >= 15 is 0 Å². The lowest BCUT2D eigenvalue weighted by molar-refractivity contribution is 0.514. The molecule has 2 rings (SSSR count). The molecule has 1 aromatic rings. The summed E-state index contributed by atoms with van der Waals surface area (Å²) in [7, 11) is -0.726. The molecule has 0 amide bonds. The lowest BCUT2D eigenvalue weighted by Gasteiger charge is -2.13. The molecule has 0 radical (unpaired) electrons. The van der Waals surface area contributed by atoms with E-state index in [0.29, 0.717) is 11.8 Å². The van der Waals surface area contributed by atoms with Crippen molar-refractivity contribution in [2.45, 2.75) is 18.5 Å². The van der Waals surface area contributed by atoms with E-state index in [-0.39, 0.29) is 6.04 Å². The first kappa shape index (κ1) is 11.8. The van der Waals surface area contributed by atoms with Gasteiger partial charge in [-0.2, -0.15) is 0 Å². The number of fused-ring (bicyclic) bond motifs is 1. The van der Waals surface area contributed by atoms with Crippen LogP contribution in [-0.2, 0) is 10.8 Å². The Bertz CT molecular complexity index is 394. The summed E-state index contributed by atoms with van der Waals surface area (Å²) in [5, 5.41) is 3.43. The van der Waals surface area contributed by atoms with Crippen LogP contribution in [0.4, 0.5) is 0 Å². The van der Waals surface area contributed by atoms with Gasteiger partial charge in [0.1, 0.15) is 0 Å². The van der Waals surface area contributed by atoms with Gasteiger partial charge in [0.15, 0.2) is 0 Å². The predicted octanol–water partition coefficient (Wildman–Crippen LogP) is 1.10. The van der Waals surface area contributed by atoms with E-state index < -0.39 is 10.8 Å². The number of hydrogen-bond donors (Lipinski definition) is 2. The van der Waals surface area contributed by atoms with Gasteiger partial charge in [-0.15, -0.1) is 0 Å². The normalized spacial score (nSPS) is 25.4. The van der Waals surface area contributed by atoms with Gasteiger partial charge in [-0.25, -0.2) is 0 Å². The van der Waals surface area contributed by atoms with Crippen LogP contribution in [0.2, 0.25) is 0 Å². The lowest BCUT2D eigenvalue weighted by Crippen LogP contribution is -2.24. The van der Waals surface area contributed by atoms with Crippen molar-refractivity contribution in [1.29, 1.82) is 0 Å². The lowest BCUT2D eigenvalue weighted by atomic mass is 10.1. The highest BCUT2D eigenvalue weighted by Gasteiger charge is 2.27. The van der Waals surface area contributed by atoms with E-state index in [1.165, 1.54) is 11.1 Å². The van der Waals surface area contributed by atoms with Crippen molar-refractivity contribution in [3.05, 3.63) is 35.4 Å². The first-order valence-electron chi connectivity index (χ1n) is 5.56. The van der Waals surface area contributed by atoms with Crippen LogP contribution in [0.15, 0.2) is 24.3 Å². The Labute approximate surface area is 98.9 Å². The molecule has 3 atom stereocenters. The minimum Gasteiger partial charge on any atom is -0.324 e. The molecule has 3 unspecified atom stereocenters. The monoisotopic (exact) mass is 238 g/mol. The summed E-state index contributed by atoms with van der Waals surface area (Å²) in [6.07, 6.45) is 2.67. The second kappa shape index (κ2) is 5.08. The van der Waals surface area contributed by atoms with Gasteiger partial charge in [0, 0.05) is 41.4 Å². The van der Waals surface area contributed by atoms with Crippen LogP contribution >= 0.6 is 0 Å². The SMILES string of the molecule is CS(=O)CCNC1CC(N)c2ccccc21. The van der Waals surface area contributed by atoms with E-state index in [2.05, 4.69) is 17.4 Å². The zero-order chi connectivity index (χ0) is 11.5. The maximum absolute atomic E-state index is 11.0. The fraction of sp³-hybridized carbons (Fsp3) is 0.500. The van der Waals surface area contributed by atoms with E-state index in [9.17, 15) is 4.21 Å². The Morgan fingerprint density at radius 3 is 2.81 bits per heavy atom. The molecule has 1 aromatic carbocycles. The zero-order valence-corrected chi connectivity index (χ0v) is 10.3. The molecule has 16 heavy (non-hydrogen) atoms. The second-order valence-electron chi connectivity index (χ2n) is 4.26. The van der Waals surface area contributed by atoms with Gasteiger partial charge in [0.25, 0.3) is 0 Å². The van der Waals surface area contributed by atoms with Crippen molar-refractivity contribution in [3.63, 3.8) is 0 Å². The van der Waals surface area contributed by atoms with Crippen LogP contribution < -0.4 is 11.1 Å². The Kier molecular flexibility index (Phi) is 3.74. The van der Waals surface area contributed by atoms with Gasteiger partial charge < -0.3 is 11.1 Å². The fourth-order valence-electron chi connectivity index (χ4n) is 2.24. The standard InChI is InChI=1S/C12H18N2OS/c1-16(15)7-6-14-12-8-11(13)9-4-2-3-5-10(9)12/h2-5,11-12,14H,6-8,13H2,1H3. The van der Waals surface area contributed by atoms with Gasteiger partial charge in [0.05, 0.1) is 0 Å². The Morgan fingerprint density at radius 2 is 2.12 bits per heavy atom. The maximum Gasteiger partial charge on any atom is 0.0357 e. The van der Waals surface area contributed by atoms with Gasteiger partial charge in [-0.3, -0.25) is 4.21 Å². The average Bonchev–Trinajstić information content (AvgIpc) is 2.57. The Morgan fingerprint density at radius 1 is 1.44 bits per heavy atom. The van der Waals surface area contributed by atoms with E-state index in [1.807, 2.05) is 12.1 Å². The molecule has 88 valence electrons. The fourth-order valence-corrected chi connectivity index (χ4v) is 2.65. The molecule has 0 spiro atoms. The number of nitrogens with one attached hydrogen (secondary N) is 1. The van der Waals surface area contributed by atoms with Crippen molar-refractivity contribution in [2.24, 2.45) is 5.73 Å². The molecule has 3 nitrogen and oxygen atoms in total. The number of nitrogens with two attached hydrogens (primary N) is 1. The summed E-state index contributed by atoms with van der Waals surface area (Å²) in [5.74, 6) is 0.702. The molecule has 0 heterocycles. The molecule has 1 aliphatic carbocycles. The van der Waals surface area contributed by atoms with Crippen molar-refractivity contribution >= 4 is 10.8 Å². The second-order valence-corrected chi connectivity index (χ2v) is 5.81. The Balaban J connectivity index is 2.01. The van der Waals surface area contributed by atoms with Crippen LogP contribution in [0.1, 0.15) is 29.6 Å². The molecule has 0 aliphatic heterocycles. The van der Waals surface area contributed by atoms with Crippen molar-refractivity contribution < 1.29 is 4.21 Å². The minimum atomic E-state index is -0.726. The molecule has 0 aromatic heterocycles. The summed E-state index contributed by atoms with van der Waals surface area (Å²) in [4.78, 5) is 0. The molecule has 1 aliphatic rings. The molecule has 0 saturated carbocycles. The third-order valence-electron chi connectivity index (χ3n) is 3.04. The largest absolute Gasteiger partial charge is 0.324 e. The summed E-state index contributed by atoms with van der Waals surface area (Å²) < 4.78 is 11.0. The first-order valence-corrected chi connectivity index (χ1v) is 7.29. The number of rotatable bonds is 4. The molecular weight excluding hydrogens is 220 g/mol. The van der Waals surface area contributed by atoms with Crippen LogP contribution in [0.3, 0.4) is 0 Å². The molecule has 0 saturated heterocycles. The highest BCUT2D eigenvalue weighted by molar-refractivity contribution is 7.84. The van der Waals surface area contributed by atoms with Crippen LogP contribution in [0.5, 0.6) is 0 Å². The van der Waals surface area contributed by atoms with Gasteiger partial charge >= 0.3 is 0 Å². The van der Waals surface area contributed by atoms with Gasteiger partial charge in [-0.05, 0) is 17.5 Å². The third-order valence-corrected chi connectivity index (χ3v) is 3.82. The summed E-state index contributed by atoms with van der Waals surface area (Å²) in [5.41, 5.74) is 8.62. The van der Waals surface area contributed by atoms with Crippen LogP contribution in [0, 0.1) is 0 Å². The quantitative estimate of drug-likeness (QED) is 0.826. The third kappa shape index (κ3) is 2.51. The maximum atomic E-state index is 11.0. The van der Waals surface area contributed by atoms with Crippen molar-refractivity contribution in [1.82, 2.24) is 5.32 Å². The summed E-state index contributed by atoms with van der Waals surface area (Å²) >= 11 is 0. The summed E-state index contributed by atoms with van der Waals surface area (Å²) in [6, 6.07) is 8.77. The first-order chi connectivity index (χ1) is 7.68.